The third-order valence-corrected chi connectivity index (χ3v) is 9.67. The molecule has 0 radical (unpaired) electrons. The zero-order valence-corrected chi connectivity index (χ0v) is 37.7. The van der Waals surface area contributed by atoms with Crippen LogP contribution < -0.4 is 58.5 Å². The highest BCUT2D eigenvalue weighted by molar-refractivity contribution is 7.81. The lowest BCUT2D eigenvalue weighted by atomic mass is 10.2. The first kappa shape index (κ1) is 45.7. The fraction of sp³-hybridized carbons (Fsp3) is 0.600. The quantitative estimate of drug-likeness (QED) is 0.0981. The molecule has 55 heavy (non-hydrogen) atoms. The second-order valence-corrected chi connectivity index (χ2v) is 18.2. The van der Waals surface area contributed by atoms with Crippen LogP contribution in [0.15, 0.2) is 36.4 Å². The average Bonchev–Trinajstić information content (AvgIpc) is 2.97. The molecule has 0 amide bonds. The lowest BCUT2D eigenvalue weighted by Crippen LogP contribution is -2.32. The Kier molecular flexibility index (Phi) is 17.0. The SMILES string of the molecule is CC(C)Oc1cc(OC(C)C)c(P(c2c(OC(C)C)cc(OC(C)C)cc2OC(C)C)c2c(OC(C)C)cc(OC(C)C)cc2OC(C)C)c(OC(C)C)c1. The first-order valence-electron chi connectivity index (χ1n) is 20.0. The van der Waals surface area contributed by atoms with Crippen molar-refractivity contribution in [3.8, 4) is 51.7 Å². The molecule has 0 aromatic heterocycles. The molecule has 0 saturated heterocycles. The molecule has 9 nitrogen and oxygen atoms in total. The summed E-state index contributed by atoms with van der Waals surface area (Å²) in [7, 11) is -1.77. The summed E-state index contributed by atoms with van der Waals surface area (Å²) in [6.45, 7) is 36.2. The second kappa shape index (κ2) is 20.5. The minimum Gasteiger partial charge on any atom is -0.491 e. The largest absolute Gasteiger partial charge is 0.491 e. The monoisotopic (exact) mass is 784 g/mol. The molecule has 0 heterocycles. The molecule has 0 bridgehead atoms. The molecule has 0 N–H and O–H groups in total. The molecule has 0 fully saturated rings. The molecule has 3 aromatic carbocycles. The predicted octanol–water partition coefficient (Wildman–Crippen LogP) is 10.5. The highest BCUT2D eigenvalue weighted by Crippen LogP contribution is 2.53. The Balaban J connectivity index is 2.82. The van der Waals surface area contributed by atoms with Crippen LogP contribution in [0.25, 0.3) is 0 Å². The summed E-state index contributed by atoms with van der Waals surface area (Å²) in [5.74, 6) is 5.56. The summed E-state index contributed by atoms with van der Waals surface area (Å²) in [6, 6.07) is 11.8. The number of rotatable bonds is 21. The van der Waals surface area contributed by atoms with Crippen molar-refractivity contribution in [3.63, 3.8) is 0 Å². The summed E-state index contributed by atoms with van der Waals surface area (Å²) in [4.78, 5) is 0. The van der Waals surface area contributed by atoms with Crippen LogP contribution >= 0.6 is 7.92 Å². The van der Waals surface area contributed by atoms with Crippen molar-refractivity contribution in [2.75, 3.05) is 0 Å². The molecule has 0 spiro atoms. The maximum Gasteiger partial charge on any atom is 0.135 e. The zero-order valence-electron chi connectivity index (χ0n) is 36.8. The van der Waals surface area contributed by atoms with E-state index in [1.54, 1.807) is 0 Å². The first-order valence-corrected chi connectivity index (χ1v) is 21.3. The van der Waals surface area contributed by atoms with Crippen LogP contribution in [0.2, 0.25) is 0 Å². The molecular formula is C45H69O9P. The van der Waals surface area contributed by atoms with E-state index in [0.29, 0.717) is 51.7 Å². The van der Waals surface area contributed by atoms with E-state index in [4.69, 9.17) is 42.6 Å². The molecule has 0 aliphatic rings. The maximum atomic E-state index is 6.79. The fourth-order valence-electron chi connectivity index (χ4n) is 5.75. The lowest BCUT2D eigenvalue weighted by molar-refractivity contribution is 0.219. The molecule has 3 rings (SSSR count). The molecule has 0 unspecified atom stereocenters. The van der Waals surface area contributed by atoms with Crippen molar-refractivity contribution < 1.29 is 42.6 Å². The highest BCUT2D eigenvalue weighted by atomic mass is 31.1. The first-order chi connectivity index (χ1) is 25.6. The molecule has 308 valence electrons. The average molecular weight is 785 g/mol. The third-order valence-electron chi connectivity index (χ3n) is 7.00. The highest BCUT2D eigenvalue weighted by Gasteiger charge is 2.38. The van der Waals surface area contributed by atoms with Gasteiger partial charge in [-0.25, -0.2) is 0 Å². The van der Waals surface area contributed by atoms with Crippen LogP contribution in [0.5, 0.6) is 51.7 Å². The minimum absolute atomic E-state index is 0.0812. The molecule has 0 aliphatic carbocycles. The van der Waals surface area contributed by atoms with Crippen molar-refractivity contribution in [2.45, 2.75) is 180 Å². The van der Waals surface area contributed by atoms with E-state index in [9.17, 15) is 0 Å². The van der Waals surface area contributed by atoms with Gasteiger partial charge in [-0.05, 0) is 125 Å². The van der Waals surface area contributed by atoms with Gasteiger partial charge in [-0.3, -0.25) is 0 Å². The van der Waals surface area contributed by atoms with Crippen molar-refractivity contribution in [1.29, 1.82) is 0 Å². The number of hydrogen-bond donors (Lipinski definition) is 0. The normalized spacial score (nSPS) is 12.0. The van der Waals surface area contributed by atoms with Gasteiger partial charge < -0.3 is 42.6 Å². The van der Waals surface area contributed by atoms with E-state index >= 15 is 0 Å². The summed E-state index contributed by atoms with van der Waals surface area (Å²) in [5.41, 5.74) is 0. The van der Waals surface area contributed by atoms with Crippen LogP contribution in [-0.4, -0.2) is 54.9 Å². The topological polar surface area (TPSA) is 83.1 Å². The summed E-state index contributed by atoms with van der Waals surface area (Å²) in [5, 5.41) is 2.40. The van der Waals surface area contributed by atoms with Crippen LogP contribution in [-0.2, 0) is 0 Å². The summed E-state index contributed by atoms with van der Waals surface area (Å²) >= 11 is 0. The van der Waals surface area contributed by atoms with Crippen LogP contribution in [0.4, 0.5) is 0 Å². The van der Waals surface area contributed by atoms with Crippen LogP contribution in [0.3, 0.4) is 0 Å². The third kappa shape index (κ3) is 13.8. The van der Waals surface area contributed by atoms with Gasteiger partial charge in [0.25, 0.3) is 0 Å². The summed E-state index contributed by atoms with van der Waals surface area (Å²) in [6.07, 6.45) is -1.35. The van der Waals surface area contributed by atoms with Crippen LogP contribution in [0, 0.1) is 0 Å². The van der Waals surface area contributed by atoms with Crippen molar-refractivity contribution in [1.82, 2.24) is 0 Å². The standard InChI is InChI=1S/C45H69O9P/c1-25(2)46-34-19-37(49-28(7)8)43(38(20-34)50-29(9)10)55(44-39(51-30(11)12)21-35(47-26(3)4)22-40(44)52-31(13)14)45-41(53-32(15)16)23-36(48-27(5)6)24-42(45)54-33(17)18/h19-33H,1-18H3. The van der Waals surface area contributed by atoms with Gasteiger partial charge in [-0.15, -0.1) is 0 Å². The van der Waals surface area contributed by atoms with Gasteiger partial charge in [-0.2, -0.15) is 0 Å². The Bertz CT molecular complexity index is 1370. The van der Waals surface area contributed by atoms with Gasteiger partial charge in [0.1, 0.15) is 51.7 Å². The van der Waals surface area contributed by atoms with Gasteiger partial charge in [0.15, 0.2) is 0 Å². The summed E-state index contributed by atoms with van der Waals surface area (Å²) < 4.78 is 59.8. The Morgan fingerprint density at radius 3 is 0.527 bits per heavy atom. The molecule has 0 saturated carbocycles. The fourth-order valence-corrected chi connectivity index (χ4v) is 8.45. The Hall–Kier alpha value is -3.71. The van der Waals surface area contributed by atoms with E-state index in [-0.39, 0.29) is 54.9 Å². The van der Waals surface area contributed by atoms with Gasteiger partial charge in [0, 0.05) is 44.3 Å². The number of hydrogen-bond acceptors (Lipinski definition) is 9. The van der Waals surface area contributed by atoms with Gasteiger partial charge in [0.2, 0.25) is 0 Å². The minimum atomic E-state index is -1.77. The maximum absolute atomic E-state index is 6.79. The van der Waals surface area contributed by atoms with Crippen LogP contribution in [0.1, 0.15) is 125 Å². The van der Waals surface area contributed by atoms with E-state index in [1.165, 1.54) is 0 Å². The zero-order chi connectivity index (χ0) is 41.3. The van der Waals surface area contributed by atoms with Crippen molar-refractivity contribution >= 4 is 23.8 Å². The van der Waals surface area contributed by atoms with E-state index in [2.05, 4.69) is 0 Å². The van der Waals surface area contributed by atoms with Gasteiger partial charge in [0.05, 0.1) is 70.8 Å². The second-order valence-electron chi connectivity index (χ2n) is 16.1. The Labute approximate surface area is 333 Å². The smallest absolute Gasteiger partial charge is 0.135 e. The van der Waals surface area contributed by atoms with Gasteiger partial charge in [-0.1, -0.05) is 0 Å². The van der Waals surface area contributed by atoms with E-state index in [1.807, 2.05) is 161 Å². The van der Waals surface area contributed by atoms with Crippen molar-refractivity contribution in [3.05, 3.63) is 36.4 Å². The molecular weight excluding hydrogens is 715 g/mol. The van der Waals surface area contributed by atoms with Gasteiger partial charge >= 0.3 is 0 Å². The number of benzene rings is 3. The molecule has 0 atom stereocenters. The number of ether oxygens (including phenoxy) is 9. The molecule has 3 aromatic rings. The van der Waals surface area contributed by atoms with Crippen molar-refractivity contribution in [2.24, 2.45) is 0 Å². The Morgan fingerprint density at radius 2 is 0.400 bits per heavy atom. The van der Waals surface area contributed by atoms with E-state index in [0.717, 1.165) is 15.9 Å². The predicted molar refractivity (Wildman–Crippen MR) is 227 cm³/mol. The molecule has 10 heteroatoms. The lowest BCUT2D eigenvalue weighted by Gasteiger charge is -2.33. The Morgan fingerprint density at radius 1 is 0.255 bits per heavy atom. The molecule has 0 aliphatic heterocycles. The van der Waals surface area contributed by atoms with E-state index < -0.39 is 7.92 Å².